The van der Waals surface area contributed by atoms with Gasteiger partial charge in [-0.25, -0.2) is 4.79 Å². The maximum absolute atomic E-state index is 10.7. The fraction of sp³-hybridized carbons (Fsp3) is 0.538. The average Bonchev–Trinajstić information content (AvgIpc) is 2.73. The molecule has 1 heterocycles. The zero-order chi connectivity index (χ0) is 12.3. The molecule has 1 aliphatic rings. The summed E-state index contributed by atoms with van der Waals surface area (Å²) in [7, 11) is 0. The van der Waals surface area contributed by atoms with Crippen LogP contribution in [-0.4, -0.2) is 22.1 Å². The van der Waals surface area contributed by atoms with Gasteiger partial charge in [0.15, 0.2) is 0 Å². The summed E-state index contributed by atoms with van der Waals surface area (Å²) in [6.45, 7) is 2.99. The van der Waals surface area contributed by atoms with Gasteiger partial charge in [-0.1, -0.05) is 13.3 Å². The molecule has 2 atom stereocenters. The maximum Gasteiger partial charge on any atom is 0.337 e. The Bertz CT molecular complexity index is 389. The van der Waals surface area contributed by atoms with Gasteiger partial charge in [-0.15, -0.1) is 0 Å². The van der Waals surface area contributed by atoms with Gasteiger partial charge in [-0.2, -0.15) is 0 Å². The van der Waals surface area contributed by atoms with Gasteiger partial charge in [-0.05, 0) is 30.9 Å². The normalized spacial score (nSPS) is 23.8. The van der Waals surface area contributed by atoms with Crippen LogP contribution in [0.1, 0.15) is 42.2 Å². The first-order valence-corrected chi connectivity index (χ1v) is 6.08. The summed E-state index contributed by atoms with van der Waals surface area (Å²) in [4.78, 5) is 14.8. The van der Waals surface area contributed by atoms with Gasteiger partial charge in [0, 0.05) is 18.8 Å². The van der Waals surface area contributed by atoms with Crippen LogP contribution in [-0.2, 0) is 6.54 Å². The Morgan fingerprint density at radius 3 is 2.88 bits per heavy atom. The second-order valence-corrected chi connectivity index (χ2v) is 4.74. The Morgan fingerprint density at radius 2 is 2.35 bits per heavy atom. The standard InChI is InChI=1S/C13H18N2O2/c1-9-3-2-4-12(9)15-8-11-6-5-10(7-14-11)13(16)17/h5-7,9,12,15H,2-4,8H2,1H3,(H,16,17). The van der Waals surface area contributed by atoms with E-state index in [1.54, 1.807) is 12.1 Å². The van der Waals surface area contributed by atoms with Crippen molar-refractivity contribution in [1.29, 1.82) is 0 Å². The third kappa shape index (κ3) is 3.03. The third-order valence-corrected chi connectivity index (χ3v) is 3.48. The van der Waals surface area contributed by atoms with Crippen LogP contribution >= 0.6 is 0 Å². The molecular formula is C13H18N2O2. The van der Waals surface area contributed by atoms with Gasteiger partial charge in [0.05, 0.1) is 11.3 Å². The van der Waals surface area contributed by atoms with Crippen LogP contribution in [0, 0.1) is 5.92 Å². The van der Waals surface area contributed by atoms with Gasteiger partial charge in [0.1, 0.15) is 0 Å². The second kappa shape index (κ2) is 5.27. The number of aromatic carboxylic acids is 1. The predicted molar refractivity (Wildman–Crippen MR) is 64.8 cm³/mol. The van der Waals surface area contributed by atoms with Gasteiger partial charge in [-0.3, -0.25) is 4.98 Å². The molecule has 1 fully saturated rings. The van der Waals surface area contributed by atoms with Crippen molar-refractivity contribution in [3.8, 4) is 0 Å². The van der Waals surface area contributed by atoms with E-state index in [0.717, 1.165) is 18.2 Å². The zero-order valence-corrected chi connectivity index (χ0v) is 10.0. The van der Waals surface area contributed by atoms with Crippen LogP contribution in [0.2, 0.25) is 0 Å². The molecule has 4 nitrogen and oxygen atoms in total. The van der Waals surface area contributed by atoms with Crippen molar-refractivity contribution in [2.75, 3.05) is 0 Å². The number of aromatic nitrogens is 1. The highest BCUT2D eigenvalue weighted by Gasteiger charge is 2.22. The summed E-state index contributed by atoms with van der Waals surface area (Å²) < 4.78 is 0. The molecule has 0 saturated heterocycles. The second-order valence-electron chi connectivity index (χ2n) is 4.74. The van der Waals surface area contributed by atoms with E-state index in [2.05, 4.69) is 17.2 Å². The lowest BCUT2D eigenvalue weighted by Gasteiger charge is -2.16. The highest BCUT2D eigenvalue weighted by molar-refractivity contribution is 5.87. The summed E-state index contributed by atoms with van der Waals surface area (Å²) in [6, 6.07) is 3.96. The van der Waals surface area contributed by atoms with Gasteiger partial charge in [0.2, 0.25) is 0 Å². The topological polar surface area (TPSA) is 62.2 Å². The van der Waals surface area contributed by atoms with Crippen molar-refractivity contribution >= 4 is 5.97 Å². The third-order valence-electron chi connectivity index (χ3n) is 3.48. The van der Waals surface area contributed by atoms with Crippen molar-refractivity contribution in [3.05, 3.63) is 29.6 Å². The molecule has 1 aliphatic carbocycles. The Balaban J connectivity index is 1.88. The maximum atomic E-state index is 10.7. The smallest absolute Gasteiger partial charge is 0.337 e. The molecule has 0 spiro atoms. The first kappa shape index (κ1) is 12.0. The molecule has 1 saturated carbocycles. The van der Waals surface area contributed by atoms with Crippen molar-refractivity contribution < 1.29 is 9.90 Å². The van der Waals surface area contributed by atoms with E-state index in [-0.39, 0.29) is 5.56 Å². The van der Waals surface area contributed by atoms with Crippen LogP contribution in [0.4, 0.5) is 0 Å². The molecule has 0 aromatic carbocycles. The van der Waals surface area contributed by atoms with E-state index in [0.29, 0.717) is 6.04 Å². The zero-order valence-electron chi connectivity index (χ0n) is 10.0. The predicted octanol–water partition coefficient (Wildman–Crippen LogP) is 2.06. The number of nitrogens with zero attached hydrogens (tertiary/aromatic N) is 1. The molecular weight excluding hydrogens is 216 g/mol. The number of nitrogens with one attached hydrogen (secondary N) is 1. The average molecular weight is 234 g/mol. The Hall–Kier alpha value is -1.42. The molecule has 2 unspecified atom stereocenters. The van der Waals surface area contributed by atoms with Crippen LogP contribution in [0.3, 0.4) is 0 Å². The summed E-state index contributed by atoms with van der Waals surface area (Å²) in [5, 5.41) is 12.2. The molecule has 2 rings (SSSR count). The number of hydrogen-bond acceptors (Lipinski definition) is 3. The van der Waals surface area contributed by atoms with E-state index in [4.69, 9.17) is 5.11 Å². The quantitative estimate of drug-likeness (QED) is 0.837. The summed E-state index contributed by atoms with van der Waals surface area (Å²) in [5.41, 5.74) is 1.14. The SMILES string of the molecule is CC1CCCC1NCc1ccc(C(=O)O)cn1. The first-order valence-electron chi connectivity index (χ1n) is 6.08. The highest BCUT2D eigenvalue weighted by atomic mass is 16.4. The Morgan fingerprint density at radius 1 is 1.53 bits per heavy atom. The fourth-order valence-electron chi connectivity index (χ4n) is 2.34. The number of carbonyl (C=O) groups is 1. The molecule has 92 valence electrons. The molecule has 0 amide bonds. The monoisotopic (exact) mass is 234 g/mol. The minimum Gasteiger partial charge on any atom is -0.478 e. The van der Waals surface area contributed by atoms with Gasteiger partial charge < -0.3 is 10.4 Å². The summed E-state index contributed by atoms with van der Waals surface area (Å²) >= 11 is 0. The lowest BCUT2D eigenvalue weighted by Crippen LogP contribution is -2.30. The number of carboxylic acids is 1. The van der Waals surface area contributed by atoms with Gasteiger partial charge in [0.25, 0.3) is 0 Å². The van der Waals surface area contributed by atoms with Crippen molar-refractivity contribution in [1.82, 2.24) is 10.3 Å². The number of rotatable bonds is 4. The van der Waals surface area contributed by atoms with E-state index >= 15 is 0 Å². The Kier molecular flexibility index (Phi) is 3.74. The lowest BCUT2D eigenvalue weighted by molar-refractivity contribution is 0.0696. The summed E-state index contributed by atoms with van der Waals surface area (Å²) in [6.07, 6.45) is 5.24. The molecule has 1 aromatic heterocycles. The lowest BCUT2D eigenvalue weighted by atomic mass is 10.1. The highest BCUT2D eigenvalue weighted by Crippen LogP contribution is 2.24. The van der Waals surface area contributed by atoms with E-state index in [9.17, 15) is 4.79 Å². The Labute approximate surface area is 101 Å². The van der Waals surface area contributed by atoms with Crippen LogP contribution in [0.5, 0.6) is 0 Å². The number of carboxylic acid groups (broad SMARTS) is 1. The fourth-order valence-corrected chi connectivity index (χ4v) is 2.34. The molecule has 0 bridgehead atoms. The molecule has 0 radical (unpaired) electrons. The van der Waals surface area contributed by atoms with E-state index in [1.165, 1.54) is 25.5 Å². The molecule has 0 aliphatic heterocycles. The molecule has 17 heavy (non-hydrogen) atoms. The number of pyridine rings is 1. The minimum absolute atomic E-state index is 0.239. The van der Waals surface area contributed by atoms with Gasteiger partial charge >= 0.3 is 5.97 Å². The van der Waals surface area contributed by atoms with Crippen LogP contribution in [0.15, 0.2) is 18.3 Å². The minimum atomic E-state index is -0.929. The van der Waals surface area contributed by atoms with Crippen molar-refractivity contribution in [2.45, 2.75) is 38.8 Å². The van der Waals surface area contributed by atoms with E-state index in [1.807, 2.05) is 0 Å². The van der Waals surface area contributed by atoms with Crippen molar-refractivity contribution in [2.24, 2.45) is 5.92 Å². The largest absolute Gasteiger partial charge is 0.478 e. The number of hydrogen-bond donors (Lipinski definition) is 2. The molecule has 2 N–H and O–H groups in total. The molecule has 1 aromatic rings. The first-order chi connectivity index (χ1) is 8.16. The van der Waals surface area contributed by atoms with Crippen LogP contribution in [0.25, 0.3) is 0 Å². The molecule has 4 heteroatoms. The summed E-state index contributed by atoms with van der Waals surface area (Å²) in [5.74, 6) is -0.199. The van der Waals surface area contributed by atoms with E-state index < -0.39 is 5.97 Å². The van der Waals surface area contributed by atoms with Crippen molar-refractivity contribution in [3.63, 3.8) is 0 Å². The van der Waals surface area contributed by atoms with Crippen LogP contribution < -0.4 is 5.32 Å².